The molecule has 0 unspecified atom stereocenters. The van der Waals surface area contributed by atoms with Crippen molar-refractivity contribution in [3.05, 3.63) is 35.4 Å². The second kappa shape index (κ2) is 19.8. The Morgan fingerprint density at radius 2 is 1.61 bits per heavy atom. The first-order valence-electron chi connectivity index (χ1n) is 19.6. The summed E-state index contributed by atoms with van der Waals surface area (Å²) in [5, 5.41) is 28.7. The minimum absolute atomic E-state index is 0.00215. The van der Waals surface area contributed by atoms with Crippen LogP contribution < -0.4 is 10.6 Å². The maximum Gasteiger partial charge on any atom is 0.407 e. The van der Waals surface area contributed by atoms with Gasteiger partial charge >= 0.3 is 12.1 Å². The Labute approximate surface area is 331 Å². The van der Waals surface area contributed by atoms with Gasteiger partial charge in [0.05, 0.1) is 23.7 Å². The zero-order valence-corrected chi connectivity index (χ0v) is 35.1. The molecule has 1 aromatic rings. The van der Waals surface area contributed by atoms with E-state index in [1.807, 2.05) is 38.9 Å². The highest BCUT2D eigenvalue weighted by atomic mass is 16.7. The number of aliphatic hydroxyl groups excluding tert-OH is 1. The number of likely N-dealkylation sites (N-methyl/N-ethyl adjacent to an activating group) is 1. The highest BCUT2D eigenvalue weighted by Crippen LogP contribution is 2.39. The SMILES string of the molecule is CC[C@H]1OC(=O)[C@H](C)C(=O)[C@H](C)[C@@H](O[C@@H]2O[C@H](C)C[C@H](N(C)C)[C@H]2O)[C@](C)(OC)C[C@@H](C)C(=O)[C@H](C)[C@@H](OC(=O)NCCNC(=O)c2cccc(C)c2)[C@]1(C)O. The number of alkyl carbamates (subject to hydrolysis) is 1. The van der Waals surface area contributed by atoms with Gasteiger partial charge in [-0.05, 0) is 80.1 Å². The smallest absolute Gasteiger partial charge is 0.407 e. The molecule has 2 fully saturated rings. The lowest BCUT2D eigenvalue weighted by atomic mass is 9.74. The molecule has 0 spiro atoms. The van der Waals surface area contributed by atoms with Crippen LogP contribution in [0.25, 0.3) is 0 Å². The van der Waals surface area contributed by atoms with E-state index in [4.69, 9.17) is 23.7 Å². The summed E-state index contributed by atoms with van der Waals surface area (Å²) in [6.45, 7) is 14.6. The summed E-state index contributed by atoms with van der Waals surface area (Å²) in [6.07, 6.45) is -6.89. The number of carbonyl (C=O) groups excluding carboxylic acids is 5. The number of Topliss-reactive ketones (excluding diaryl/α,β-unsaturated/α-hetero) is 2. The Bertz CT molecular complexity index is 1540. The number of rotatable bonds is 10. The number of hydrogen-bond donors (Lipinski definition) is 4. The van der Waals surface area contributed by atoms with E-state index < -0.39 is 89.2 Å². The Balaban J connectivity index is 1.95. The molecule has 0 saturated carbocycles. The molecule has 2 amide bonds. The van der Waals surface area contributed by atoms with Crippen molar-refractivity contribution in [2.45, 2.75) is 136 Å². The first-order valence-corrected chi connectivity index (χ1v) is 19.6. The average molecular weight is 792 g/mol. The minimum atomic E-state index is -2.10. The second-order valence-corrected chi connectivity index (χ2v) is 16.3. The molecular formula is C41H65N3O12. The molecule has 0 radical (unpaired) electrons. The molecule has 3 rings (SSSR count). The summed E-state index contributed by atoms with van der Waals surface area (Å²) >= 11 is 0. The third-order valence-electron chi connectivity index (χ3n) is 11.5. The van der Waals surface area contributed by atoms with E-state index in [0.29, 0.717) is 12.0 Å². The van der Waals surface area contributed by atoms with Gasteiger partial charge in [-0.15, -0.1) is 0 Å². The molecule has 13 atom stereocenters. The van der Waals surface area contributed by atoms with Gasteiger partial charge in [0, 0.05) is 43.6 Å². The second-order valence-electron chi connectivity index (χ2n) is 16.3. The van der Waals surface area contributed by atoms with Crippen LogP contribution in [0.2, 0.25) is 0 Å². The van der Waals surface area contributed by atoms with Crippen molar-refractivity contribution in [2.75, 3.05) is 34.3 Å². The average Bonchev–Trinajstić information content (AvgIpc) is 3.15. The number of nitrogens with one attached hydrogen (secondary N) is 2. The van der Waals surface area contributed by atoms with Crippen molar-refractivity contribution in [3.63, 3.8) is 0 Å². The van der Waals surface area contributed by atoms with Crippen LogP contribution in [0.15, 0.2) is 24.3 Å². The van der Waals surface area contributed by atoms with Crippen LogP contribution in [0, 0.1) is 30.6 Å². The summed E-state index contributed by atoms with van der Waals surface area (Å²) in [5.41, 5.74) is -2.08. The van der Waals surface area contributed by atoms with E-state index in [1.54, 1.807) is 45.9 Å². The first-order chi connectivity index (χ1) is 26.1. The topological polar surface area (TPSA) is 199 Å². The van der Waals surface area contributed by atoms with Gasteiger partial charge in [-0.1, -0.05) is 45.4 Å². The van der Waals surface area contributed by atoms with Crippen molar-refractivity contribution in [1.82, 2.24) is 15.5 Å². The standard InChI is InChI=1S/C41H65N3O12/c1-13-30-41(9,51)35(56-39(50)43-18-17-42-36(48)28-16-14-15-22(2)19-28)25(5)31(45)23(3)21-40(8,52-12)34(26(6)32(46)27(7)37(49)54-30)55-38-33(47)29(44(10)11)20-24(4)53-38/h14-16,19,23-27,29-30,33-35,38,47,51H,13,17-18,20-21H2,1-12H3,(H,42,48)(H,43,50)/t23-,24-,25+,26+,27-,29+,30-,33-,34-,35-,38+,40-,41-/m1/s1. The van der Waals surface area contributed by atoms with E-state index in [2.05, 4.69) is 10.6 Å². The Morgan fingerprint density at radius 1 is 0.982 bits per heavy atom. The quantitative estimate of drug-likeness (QED) is 0.153. The fourth-order valence-electron chi connectivity index (χ4n) is 8.03. The first kappa shape index (κ1) is 46.9. The Kier molecular flexibility index (Phi) is 16.6. The minimum Gasteiger partial charge on any atom is -0.459 e. The van der Waals surface area contributed by atoms with Gasteiger partial charge in [-0.25, -0.2) is 4.79 Å². The predicted molar refractivity (Wildman–Crippen MR) is 207 cm³/mol. The zero-order valence-electron chi connectivity index (χ0n) is 35.1. The van der Waals surface area contributed by atoms with Crippen molar-refractivity contribution < 1.29 is 57.9 Å². The molecule has 2 aliphatic heterocycles. The van der Waals surface area contributed by atoms with Gasteiger partial charge in [0.1, 0.15) is 35.6 Å². The van der Waals surface area contributed by atoms with Gasteiger partial charge in [0.15, 0.2) is 12.1 Å². The summed E-state index contributed by atoms with van der Waals surface area (Å²) in [5.74, 6) is -6.50. The number of esters is 1. The molecule has 2 aliphatic rings. The van der Waals surface area contributed by atoms with Crippen molar-refractivity contribution >= 4 is 29.5 Å². The van der Waals surface area contributed by atoms with Crippen LogP contribution in [0.1, 0.15) is 90.6 Å². The van der Waals surface area contributed by atoms with Crippen LogP contribution in [0.3, 0.4) is 0 Å². The Hall–Kier alpha value is -3.47. The lowest BCUT2D eigenvalue weighted by Gasteiger charge is -2.47. The maximum absolute atomic E-state index is 14.3. The maximum atomic E-state index is 14.3. The molecule has 0 aliphatic carbocycles. The van der Waals surface area contributed by atoms with Gasteiger partial charge in [0.25, 0.3) is 5.91 Å². The number of aliphatic hydroxyl groups is 2. The largest absolute Gasteiger partial charge is 0.459 e. The number of cyclic esters (lactones) is 1. The molecular weight excluding hydrogens is 726 g/mol. The van der Waals surface area contributed by atoms with E-state index in [9.17, 15) is 34.2 Å². The highest BCUT2D eigenvalue weighted by Gasteiger charge is 2.53. The molecule has 2 heterocycles. The molecule has 0 aromatic heterocycles. The van der Waals surface area contributed by atoms with Gasteiger partial charge in [-0.2, -0.15) is 0 Å². The number of benzene rings is 1. The fraction of sp³-hybridized carbons (Fsp3) is 0.732. The number of ketones is 2. The van der Waals surface area contributed by atoms with Gasteiger partial charge in [0.2, 0.25) is 0 Å². The number of aryl methyl sites for hydroxylation is 1. The normalized spacial score (nSPS) is 36.3. The van der Waals surface area contributed by atoms with Crippen LogP contribution in [0.4, 0.5) is 4.79 Å². The van der Waals surface area contributed by atoms with Crippen molar-refractivity contribution in [3.8, 4) is 0 Å². The molecule has 4 N–H and O–H groups in total. The van der Waals surface area contributed by atoms with Gasteiger partial charge in [-0.3, -0.25) is 19.2 Å². The van der Waals surface area contributed by atoms with E-state index in [1.165, 1.54) is 27.9 Å². The Morgan fingerprint density at radius 3 is 2.20 bits per heavy atom. The summed E-state index contributed by atoms with van der Waals surface area (Å²) < 4.78 is 30.3. The zero-order chi connectivity index (χ0) is 42.3. The highest BCUT2D eigenvalue weighted by molar-refractivity contribution is 6.00. The number of amides is 2. The van der Waals surface area contributed by atoms with Gasteiger partial charge < -0.3 is 49.4 Å². The van der Waals surface area contributed by atoms with Crippen LogP contribution in [-0.4, -0.2) is 133 Å². The molecule has 15 heteroatoms. The lowest BCUT2D eigenvalue weighted by Crippen LogP contribution is -2.60. The predicted octanol–water partition coefficient (Wildman–Crippen LogP) is 3.20. The number of nitrogens with zero attached hydrogens (tertiary/aromatic N) is 1. The van der Waals surface area contributed by atoms with E-state index >= 15 is 0 Å². The molecule has 2 saturated heterocycles. The molecule has 316 valence electrons. The number of methoxy groups -OCH3 is 1. The third-order valence-corrected chi connectivity index (χ3v) is 11.5. The summed E-state index contributed by atoms with van der Waals surface area (Å²) in [4.78, 5) is 69.9. The van der Waals surface area contributed by atoms with Crippen LogP contribution in [0.5, 0.6) is 0 Å². The third kappa shape index (κ3) is 11.1. The van der Waals surface area contributed by atoms with E-state index in [-0.39, 0.29) is 44.0 Å². The van der Waals surface area contributed by atoms with E-state index in [0.717, 1.165) is 5.56 Å². The van der Waals surface area contributed by atoms with Crippen LogP contribution in [-0.2, 0) is 38.1 Å². The lowest BCUT2D eigenvalue weighted by molar-refractivity contribution is -0.295. The van der Waals surface area contributed by atoms with Crippen molar-refractivity contribution in [1.29, 1.82) is 0 Å². The summed E-state index contributed by atoms with van der Waals surface area (Å²) in [6, 6.07) is 6.72. The number of hydrogen-bond acceptors (Lipinski definition) is 13. The number of ether oxygens (including phenoxy) is 5. The molecule has 1 aromatic carbocycles. The number of carbonyl (C=O) groups is 5. The fourth-order valence-corrected chi connectivity index (χ4v) is 8.03. The molecule has 15 nitrogen and oxygen atoms in total. The summed E-state index contributed by atoms with van der Waals surface area (Å²) in [7, 11) is 5.10. The monoisotopic (exact) mass is 791 g/mol. The molecule has 56 heavy (non-hydrogen) atoms. The molecule has 0 bridgehead atoms. The van der Waals surface area contributed by atoms with Crippen LogP contribution >= 0.6 is 0 Å². The van der Waals surface area contributed by atoms with Crippen molar-refractivity contribution in [2.24, 2.45) is 23.7 Å².